The van der Waals surface area contributed by atoms with Crippen LogP contribution < -0.4 is 5.59 Å². The first-order valence-corrected chi connectivity index (χ1v) is 5.02. The van der Waals surface area contributed by atoms with Gasteiger partial charge in [-0.25, -0.2) is 5.01 Å². The molecular weight excluding hydrogens is 168 g/mol. The Bertz CT molecular complexity index is 190. The van der Waals surface area contributed by atoms with Crippen molar-refractivity contribution in [1.29, 1.82) is 0 Å². The van der Waals surface area contributed by atoms with E-state index in [9.17, 15) is 4.79 Å². The maximum atomic E-state index is 11.1. The SMILES string of the molecule is O=C1CONN(C2CCCCC2)C1. The molecule has 1 aliphatic heterocycles. The van der Waals surface area contributed by atoms with Gasteiger partial charge in [-0.05, 0) is 12.8 Å². The molecular formula is C9H16N2O2. The molecule has 0 aromatic carbocycles. The third-order valence-electron chi connectivity index (χ3n) is 2.78. The number of Topliss-reactive ketones (excluding diaryl/α,β-unsaturated/α-hetero) is 1. The maximum Gasteiger partial charge on any atom is 0.176 e. The van der Waals surface area contributed by atoms with Crippen LogP contribution >= 0.6 is 0 Å². The summed E-state index contributed by atoms with van der Waals surface area (Å²) in [6.45, 7) is 0.716. The molecule has 0 atom stereocenters. The van der Waals surface area contributed by atoms with Crippen LogP contribution in [0, 0.1) is 0 Å². The van der Waals surface area contributed by atoms with Crippen molar-refractivity contribution in [2.75, 3.05) is 13.2 Å². The van der Waals surface area contributed by atoms with E-state index in [2.05, 4.69) is 5.59 Å². The highest BCUT2D eigenvalue weighted by atomic mass is 16.7. The molecule has 2 rings (SSSR count). The molecule has 0 aromatic rings. The number of carbonyl (C=O) groups excluding carboxylic acids is 1. The van der Waals surface area contributed by atoms with Gasteiger partial charge in [-0.1, -0.05) is 19.3 Å². The van der Waals surface area contributed by atoms with Gasteiger partial charge >= 0.3 is 0 Å². The summed E-state index contributed by atoms with van der Waals surface area (Å²) < 4.78 is 0. The van der Waals surface area contributed by atoms with Crippen LogP contribution in [0.15, 0.2) is 0 Å². The van der Waals surface area contributed by atoms with Gasteiger partial charge in [0.1, 0.15) is 6.61 Å². The van der Waals surface area contributed by atoms with Crippen molar-refractivity contribution >= 4 is 5.78 Å². The first kappa shape index (κ1) is 9.12. The average molecular weight is 184 g/mol. The van der Waals surface area contributed by atoms with E-state index in [0.29, 0.717) is 12.6 Å². The van der Waals surface area contributed by atoms with Gasteiger partial charge in [0.2, 0.25) is 0 Å². The summed E-state index contributed by atoms with van der Waals surface area (Å²) in [6, 6.07) is 0.498. The number of hydrazine groups is 1. The summed E-state index contributed by atoms with van der Waals surface area (Å²) in [7, 11) is 0. The largest absolute Gasteiger partial charge is 0.295 e. The molecule has 4 nitrogen and oxygen atoms in total. The van der Waals surface area contributed by atoms with E-state index in [-0.39, 0.29) is 12.4 Å². The minimum atomic E-state index is 0.171. The van der Waals surface area contributed by atoms with Crippen LogP contribution in [0.4, 0.5) is 0 Å². The van der Waals surface area contributed by atoms with E-state index in [1.807, 2.05) is 5.01 Å². The van der Waals surface area contributed by atoms with E-state index in [4.69, 9.17) is 4.84 Å². The van der Waals surface area contributed by atoms with Gasteiger partial charge in [-0.3, -0.25) is 9.63 Å². The molecule has 1 saturated heterocycles. The van der Waals surface area contributed by atoms with Gasteiger partial charge in [0.15, 0.2) is 5.78 Å². The van der Waals surface area contributed by atoms with E-state index in [1.54, 1.807) is 0 Å². The van der Waals surface area contributed by atoms with E-state index in [0.717, 1.165) is 0 Å². The lowest BCUT2D eigenvalue weighted by molar-refractivity contribution is -0.165. The lowest BCUT2D eigenvalue weighted by atomic mass is 9.95. The monoisotopic (exact) mass is 184 g/mol. The number of hydrogen-bond acceptors (Lipinski definition) is 4. The summed E-state index contributed by atoms with van der Waals surface area (Å²) in [5.74, 6) is 0.171. The van der Waals surface area contributed by atoms with E-state index < -0.39 is 0 Å². The van der Waals surface area contributed by atoms with Crippen LogP contribution in [0.5, 0.6) is 0 Å². The normalized spacial score (nSPS) is 27.8. The van der Waals surface area contributed by atoms with Gasteiger partial charge in [0, 0.05) is 6.04 Å². The standard InChI is InChI=1S/C9H16N2O2/c12-9-6-11(10-13-7-9)8-4-2-1-3-5-8/h8,10H,1-7H2. The van der Waals surface area contributed by atoms with Gasteiger partial charge in [-0.15, -0.1) is 5.59 Å². The Balaban J connectivity index is 1.87. The Labute approximate surface area is 78.2 Å². The fourth-order valence-corrected chi connectivity index (χ4v) is 2.06. The van der Waals surface area contributed by atoms with Crippen LogP contribution in [0.2, 0.25) is 0 Å². The predicted molar refractivity (Wildman–Crippen MR) is 47.7 cm³/mol. The first-order valence-electron chi connectivity index (χ1n) is 5.02. The second kappa shape index (κ2) is 4.17. The Hall–Kier alpha value is -0.450. The smallest absolute Gasteiger partial charge is 0.176 e. The highest BCUT2D eigenvalue weighted by Gasteiger charge is 2.25. The number of hydrogen-bond donors (Lipinski definition) is 1. The molecule has 0 spiro atoms. The number of ketones is 1. The number of carbonyl (C=O) groups is 1. The zero-order chi connectivity index (χ0) is 9.10. The highest BCUT2D eigenvalue weighted by molar-refractivity contribution is 5.81. The van der Waals surface area contributed by atoms with Crippen LogP contribution in [-0.2, 0) is 9.63 Å². The number of nitrogens with zero attached hydrogens (tertiary/aromatic N) is 1. The van der Waals surface area contributed by atoms with E-state index in [1.165, 1.54) is 32.1 Å². The van der Waals surface area contributed by atoms with Crippen LogP contribution in [0.25, 0.3) is 0 Å². The topological polar surface area (TPSA) is 41.6 Å². The maximum absolute atomic E-state index is 11.1. The number of nitrogens with one attached hydrogen (secondary N) is 1. The second-order valence-corrected chi connectivity index (χ2v) is 3.84. The third kappa shape index (κ3) is 2.27. The van der Waals surface area contributed by atoms with Gasteiger partial charge in [-0.2, -0.15) is 0 Å². The van der Waals surface area contributed by atoms with Crippen LogP contribution in [0.1, 0.15) is 32.1 Å². The van der Waals surface area contributed by atoms with Crippen LogP contribution in [-0.4, -0.2) is 30.0 Å². The zero-order valence-electron chi connectivity index (χ0n) is 7.79. The van der Waals surface area contributed by atoms with Crippen molar-refractivity contribution in [2.45, 2.75) is 38.1 Å². The molecule has 0 amide bonds. The van der Waals surface area contributed by atoms with Crippen molar-refractivity contribution in [3.8, 4) is 0 Å². The Morgan fingerprint density at radius 2 is 2.08 bits per heavy atom. The van der Waals surface area contributed by atoms with Crippen molar-refractivity contribution < 1.29 is 9.63 Å². The second-order valence-electron chi connectivity index (χ2n) is 3.84. The van der Waals surface area contributed by atoms with E-state index >= 15 is 0 Å². The quantitative estimate of drug-likeness (QED) is 0.649. The number of rotatable bonds is 1. The molecule has 2 fully saturated rings. The molecule has 1 saturated carbocycles. The summed E-state index contributed by atoms with van der Waals surface area (Å²) in [5.41, 5.74) is 2.83. The lowest BCUT2D eigenvalue weighted by Gasteiger charge is -2.35. The summed E-state index contributed by atoms with van der Waals surface area (Å²) in [6.07, 6.45) is 6.25. The van der Waals surface area contributed by atoms with Crippen molar-refractivity contribution in [3.63, 3.8) is 0 Å². The van der Waals surface area contributed by atoms with Crippen molar-refractivity contribution in [2.24, 2.45) is 0 Å². The first-order chi connectivity index (χ1) is 6.36. The average Bonchev–Trinajstić information content (AvgIpc) is 2.19. The van der Waals surface area contributed by atoms with Gasteiger partial charge < -0.3 is 0 Å². The van der Waals surface area contributed by atoms with Gasteiger partial charge in [0.25, 0.3) is 0 Å². The summed E-state index contributed by atoms with van der Waals surface area (Å²) in [4.78, 5) is 16.1. The minimum Gasteiger partial charge on any atom is -0.295 e. The fourth-order valence-electron chi connectivity index (χ4n) is 2.06. The Kier molecular flexibility index (Phi) is 2.93. The highest BCUT2D eigenvalue weighted by Crippen LogP contribution is 2.21. The molecule has 0 aromatic heterocycles. The molecule has 13 heavy (non-hydrogen) atoms. The van der Waals surface area contributed by atoms with Crippen molar-refractivity contribution in [1.82, 2.24) is 10.6 Å². The third-order valence-corrected chi connectivity index (χ3v) is 2.78. The predicted octanol–water partition coefficient (Wildman–Crippen LogP) is 0.640. The molecule has 1 heterocycles. The Morgan fingerprint density at radius 3 is 2.77 bits per heavy atom. The summed E-state index contributed by atoms with van der Waals surface area (Å²) >= 11 is 0. The minimum absolute atomic E-state index is 0.171. The zero-order valence-corrected chi connectivity index (χ0v) is 7.79. The molecule has 1 N–H and O–H groups in total. The Morgan fingerprint density at radius 1 is 1.31 bits per heavy atom. The van der Waals surface area contributed by atoms with Crippen molar-refractivity contribution in [3.05, 3.63) is 0 Å². The van der Waals surface area contributed by atoms with Gasteiger partial charge in [0.05, 0.1) is 6.54 Å². The molecule has 0 unspecified atom stereocenters. The molecule has 2 aliphatic rings. The fraction of sp³-hybridized carbons (Fsp3) is 0.889. The molecule has 4 heteroatoms. The van der Waals surface area contributed by atoms with Crippen LogP contribution in [0.3, 0.4) is 0 Å². The molecule has 1 aliphatic carbocycles. The lowest BCUT2D eigenvalue weighted by Crippen LogP contribution is -2.53. The molecule has 0 bridgehead atoms. The molecule has 0 radical (unpaired) electrons. The summed E-state index contributed by atoms with van der Waals surface area (Å²) in [5, 5.41) is 1.95. The molecule has 74 valence electrons.